The summed E-state index contributed by atoms with van der Waals surface area (Å²) in [4.78, 5) is 16.6. The largest absolute Gasteiger partial charge is 0.456 e. The predicted molar refractivity (Wildman–Crippen MR) is 69.3 cm³/mol. The first-order chi connectivity index (χ1) is 9.58. The zero-order chi connectivity index (χ0) is 14.5. The molecule has 0 unspecified atom stereocenters. The van der Waals surface area contributed by atoms with Gasteiger partial charge in [-0.05, 0) is 11.6 Å². The molecule has 0 bridgehead atoms. The normalized spacial score (nSPS) is 14.4. The average molecular weight is 303 g/mol. The van der Waals surface area contributed by atoms with Crippen LogP contribution in [0, 0.1) is 0 Å². The minimum absolute atomic E-state index is 0.0265. The fourth-order valence-electron chi connectivity index (χ4n) is 1.85. The predicted octanol–water partition coefficient (Wildman–Crippen LogP) is 2.33. The second kappa shape index (κ2) is 6.65. The molecule has 1 aromatic rings. The smallest absolute Gasteiger partial charge is 0.333 e. The molecule has 0 saturated carbocycles. The summed E-state index contributed by atoms with van der Waals surface area (Å²) in [6, 6.07) is 3.52. The first-order valence-corrected chi connectivity index (χ1v) is 6.52. The van der Waals surface area contributed by atoms with E-state index < -0.39 is 18.9 Å². The Kier molecular flexibility index (Phi) is 4.89. The molecule has 0 aliphatic carbocycles. The van der Waals surface area contributed by atoms with Crippen molar-refractivity contribution in [3.05, 3.63) is 41.4 Å². The molecule has 1 aromatic heterocycles. The number of cyclic esters (lactones) is 1. The molecule has 0 amide bonds. The molecule has 0 saturated heterocycles. The van der Waals surface area contributed by atoms with Gasteiger partial charge >= 0.3 is 5.97 Å². The van der Waals surface area contributed by atoms with Crippen molar-refractivity contribution in [2.24, 2.45) is 0 Å². The number of aromatic nitrogens is 1. The number of hydrogen-bond donors (Lipinski definition) is 0. The van der Waals surface area contributed by atoms with E-state index in [4.69, 9.17) is 16.3 Å². The van der Waals surface area contributed by atoms with Gasteiger partial charge in [0.25, 0.3) is 6.43 Å². The Balaban J connectivity index is 2.10. The molecule has 0 fully saturated rings. The number of pyridine rings is 1. The third-order valence-corrected chi connectivity index (χ3v) is 3.08. The van der Waals surface area contributed by atoms with Crippen LogP contribution in [-0.4, -0.2) is 35.4 Å². The second-order valence-corrected chi connectivity index (χ2v) is 4.57. The molecule has 0 aromatic carbocycles. The Labute approximate surface area is 120 Å². The number of halogens is 3. The third kappa shape index (κ3) is 3.90. The van der Waals surface area contributed by atoms with E-state index in [2.05, 4.69) is 4.98 Å². The van der Waals surface area contributed by atoms with Crippen LogP contribution in [0.5, 0.6) is 0 Å². The maximum absolute atomic E-state index is 12.6. The van der Waals surface area contributed by atoms with Crippen molar-refractivity contribution in [3.8, 4) is 0 Å². The van der Waals surface area contributed by atoms with E-state index in [1.807, 2.05) is 0 Å². The van der Waals surface area contributed by atoms with Crippen molar-refractivity contribution >= 4 is 17.6 Å². The minimum atomic E-state index is -2.50. The molecule has 0 atom stereocenters. The highest BCUT2D eigenvalue weighted by Crippen LogP contribution is 2.17. The van der Waals surface area contributed by atoms with Crippen LogP contribution >= 0.6 is 11.6 Å². The number of rotatable bonds is 6. The van der Waals surface area contributed by atoms with E-state index in [-0.39, 0.29) is 13.2 Å². The average Bonchev–Trinajstić information content (AvgIpc) is 2.85. The highest BCUT2D eigenvalue weighted by Gasteiger charge is 2.22. The van der Waals surface area contributed by atoms with Gasteiger partial charge in [-0.1, -0.05) is 6.07 Å². The fraction of sp³-hybridized carbons (Fsp3) is 0.385. The fourth-order valence-corrected chi connectivity index (χ4v) is 2.00. The van der Waals surface area contributed by atoms with Gasteiger partial charge in [0.15, 0.2) is 0 Å². The van der Waals surface area contributed by atoms with Crippen molar-refractivity contribution in [2.75, 3.05) is 13.2 Å². The van der Waals surface area contributed by atoms with Crippen LogP contribution in [0.4, 0.5) is 8.78 Å². The number of ether oxygens (including phenoxy) is 1. The first-order valence-electron chi connectivity index (χ1n) is 5.98. The van der Waals surface area contributed by atoms with Crippen LogP contribution in [0.2, 0.25) is 0 Å². The summed E-state index contributed by atoms with van der Waals surface area (Å²) in [5.74, 6) is -0.205. The van der Waals surface area contributed by atoms with E-state index in [0.717, 1.165) is 11.3 Å². The van der Waals surface area contributed by atoms with E-state index >= 15 is 0 Å². The number of carbonyl (C=O) groups excluding carboxylic acids is 1. The molecule has 1 aliphatic heterocycles. The first kappa shape index (κ1) is 14.7. The lowest BCUT2D eigenvalue weighted by Gasteiger charge is -2.24. The van der Waals surface area contributed by atoms with Gasteiger partial charge in [0.2, 0.25) is 0 Å². The summed E-state index contributed by atoms with van der Waals surface area (Å²) in [6.45, 7) is -0.194. The van der Waals surface area contributed by atoms with Crippen molar-refractivity contribution in [1.29, 1.82) is 0 Å². The van der Waals surface area contributed by atoms with Gasteiger partial charge in [-0.25, -0.2) is 13.6 Å². The van der Waals surface area contributed by atoms with Crippen LogP contribution < -0.4 is 0 Å². The monoisotopic (exact) mass is 302 g/mol. The molecular weight excluding hydrogens is 290 g/mol. The SMILES string of the molecule is O=C1C=C(N(Cc2ccc(CCl)nc2)CC(F)F)CO1. The van der Waals surface area contributed by atoms with Gasteiger partial charge in [-0.3, -0.25) is 4.98 Å². The van der Waals surface area contributed by atoms with Crippen LogP contribution in [0.1, 0.15) is 11.3 Å². The molecule has 20 heavy (non-hydrogen) atoms. The summed E-state index contributed by atoms with van der Waals surface area (Å²) in [5, 5.41) is 0. The summed E-state index contributed by atoms with van der Waals surface area (Å²) in [7, 11) is 0. The Morgan fingerprint density at radius 3 is 2.75 bits per heavy atom. The van der Waals surface area contributed by atoms with Gasteiger partial charge in [0.05, 0.1) is 23.8 Å². The maximum atomic E-state index is 12.6. The highest BCUT2D eigenvalue weighted by atomic mass is 35.5. The number of hydrogen-bond acceptors (Lipinski definition) is 4. The molecule has 0 N–H and O–H groups in total. The number of alkyl halides is 3. The van der Waals surface area contributed by atoms with Gasteiger partial charge in [0.1, 0.15) is 6.61 Å². The third-order valence-electron chi connectivity index (χ3n) is 2.81. The summed E-state index contributed by atoms with van der Waals surface area (Å²) < 4.78 is 30.0. The maximum Gasteiger partial charge on any atom is 0.333 e. The molecule has 1 aliphatic rings. The van der Waals surface area contributed by atoms with E-state index in [9.17, 15) is 13.6 Å². The zero-order valence-electron chi connectivity index (χ0n) is 10.6. The van der Waals surface area contributed by atoms with E-state index in [1.54, 1.807) is 18.3 Å². The van der Waals surface area contributed by atoms with Crippen molar-refractivity contribution in [3.63, 3.8) is 0 Å². The van der Waals surface area contributed by atoms with Crippen LogP contribution in [-0.2, 0) is 22.0 Å². The number of carbonyl (C=O) groups is 1. The van der Waals surface area contributed by atoms with Gasteiger partial charge < -0.3 is 9.64 Å². The van der Waals surface area contributed by atoms with Gasteiger partial charge in [0, 0.05) is 18.8 Å². The lowest BCUT2D eigenvalue weighted by molar-refractivity contribution is -0.135. The van der Waals surface area contributed by atoms with Gasteiger partial charge in [-0.15, -0.1) is 11.6 Å². The highest BCUT2D eigenvalue weighted by molar-refractivity contribution is 6.16. The van der Waals surface area contributed by atoms with Crippen LogP contribution in [0.15, 0.2) is 30.1 Å². The number of nitrogens with zero attached hydrogens (tertiary/aromatic N) is 2. The molecule has 2 rings (SSSR count). The molecule has 108 valence electrons. The molecule has 4 nitrogen and oxygen atoms in total. The van der Waals surface area contributed by atoms with E-state index in [1.165, 1.54) is 11.0 Å². The van der Waals surface area contributed by atoms with Crippen molar-refractivity contribution < 1.29 is 18.3 Å². The molecule has 0 spiro atoms. The Morgan fingerprint density at radius 1 is 1.45 bits per heavy atom. The summed E-state index contributed by atoms with van der Waals surface area (Å²) in [6.07, 6.45) is 0.332. The quantitative estimate of drug-likeness (QED) is 0.597. The van der Waals surface area contributed by atoms with Gasteiger partial charge in [-0.2, -0.15) is 0 Å². The minimum Gasteiger partial charge on any atom is -0.456 e. The van der Waals surface area contributed by atoms with Crippen molar-refractivity contribution in [2.45, 2.75) is 18.9 Å². The number of esters is 1. The summed E-state index contributed by atoms with van der Waals surface area (Å²) >= 11 is 5.64. The lowest BCUT2D eigenvalue weighted by Crippen LogP contribution is -2.28. The van der Waals surface area contributed by atoms with Crippen LogP contribution in [0.25, 0.3) is 0 Å². The Morgan fingerprint density at radius 2 is 2.25 bits per heavy atom. The van der Waals surface area contributed by atoms with Crippen molar-refractivity contribution in [1.82, 2.24) is 9.88 Å². The van der Waals surface area contributed by atoms with Crippen LogP contribution in [0.3, 0.4) is 0 Å². The molecule has 2 heterocycles. The standard InChI is InChI=1S/C13H13ClF2N2O2/c14-4-10-2-1-9(5-17-10)6-18(7-12(15)16)11-3-13(19)20-8-11/h1-3,5,12H,4,6-8H2. The lowest BCUT2D eigenvalue weighted by atomic mass is 10.2. The molecule has 7 heteroatoms. The molecular formula is C13H13ClF2N2O2. The summed E-state index contributed by atoms with van der Waals surface area (Å²) in [5.41, 5.74) is 1.94. The topological polar surface area (TPSA) is 42.4 Å². The van der Waals surface area contributed by atoms with E-state index in [0.29, 0.717) is 11.6 Å². The zero-order valence-corrected chi connectivity index (χ0v) is 11.3. The Bertz CT molecular complexity index is 506. The molecule has 0 radical (unpaired) electrons. The Hall–Kier alpha value is -1.69. The second-order valence-electron chi connectivity index (χ2n) is 4.31.